The van der Waals surface area contributed by atoms with E-state index in [1.54, 1.807) is 0 Å². The largest absolute Gasteiger partial charge is 0.298 e. The number of benzene rings is 3. The Bertz CT molecular complexity index is 1100. The third-order valence-electron chi connectivity index (χ3n) is 5.73. The first-order valence-electron chi connectivity index (χ1n) is 10.1. The van der Waals surface area contributed by atoms with Crippen molar-refractivity contribution in [3.05, 3.63) is 102 Å². The predicted molar refractivity (Wildman–Crippen MR) is 131 cm³/mol. The van der Waals surface area contributed by atoms with Crippen LogP contribution in [0.4, 0.5) is 0 Å². The number of aromatic nitrogens is 1. The van der Waals surface area contributed by atoms with Gasteiger partial charge in [0.2, 0.25) is 0 Å². The second-order valence-corrected chi connectivity index (χ2v) is 7.56. The highest BCUT2D eigenvalue weighted by molar-refractivity contribution is 5.96. The number of hydrogen-bond donors (Lipinski definition) is 0. The van der Waals surface area contributed by atoms with Crippen LogP contribution in [0.25, 0.3) is 22.0 Å². The second-order valence-electron chi connectivity index (χ2n) is 7.56. The summed E-state index contributed by atoms with van der Waals surface area (Å²) >= 11 is 0. The lowest BCUT2D eigenvalue weighted by Crippen LogP contribution is -2.25. The van der Waals surface area contributed by atoms with Crippen LogP contribution in [0.15, 0.2) is 84.9 Å². The molecular weight excluding hydrogens is 411 g/mol. The van der Waals surface area contributed by atoms with Crippen LogP contribution < -0.4 is 0 Å². The van der Waals surface area contributed by atoms with E-state index in [1.807, 2.05) is 0 Å². The zero-order chi connectivity index (χ0) is 18.8. The van der Waals surface area contributed by atoms with Crippen LogP contribution in [0.5, 0.6) is 0 Å². The molecule has 154 valence electrons. The number of hydrogen-bond acceptors (Lipinski definition) is 2. The molecule has 0 unspecified atom stereocenters. The summed E-state index contributed by atoms with van der Waals surface area (Å²) < 4.78 is 0. The molecule has 0 aliphatic carbocycles. The first-order chi connectivity index (χ1) is 13.9. The average molecular weight is 437 g/mol. The van der Waals surface area contributed by atoms with E-state index in [4.69, 9.17) is 4.98 Å². The van der Waals surface area contributed by atoms with E-state index in [-0.39, 0.29) is 24.8 Å². The predicted octanol–water partition coefficient (Wildman–Crippen LogP) is 6.35. The molecule has 0 saturated heterocycles. The molecular formula is C26H26Cl2N2. The van der Waals surface area contributed by atoms with Crippen LogP contribution in [0, 0.1) is 0 Å². The zero-order valence-corrected chi connectivity index (χ0v) is 18.5. The van der Waals surface area contributed by atoms with Crippen LogP contribution in [-0.4, -0.2) is 23.0 Å². The van der Waals surface area contributed by atoms with Gasteiger partial charge in [-0.2, -0.15) is 0 Å². The molecule has 1 aliphatic heterocycles. The van der Waals surface area contributed by atoms with Crippen molar-refractivity contribution < 1.29 is 0 Å². The quantitative estimate of drug-likeness (QED) is 0.372. The first-order valence-corrected chi connectivity index (χ1v) is 10.1. The number of nitrogens with zero attached hydrogens (tertiary/aromatic N) is 2. The van der Waals surface area contributed by atoms with Gasteiger partial charge in [-0.25, -0.2) is 0 Å². The minimum Gasteiger partial charge on any atom is -0.298 e. The Morgan fingerprint density at radius 2 is 1.33 bits per heavy atom. The molecule has 0 amide bonds. The number of fused-ring (bicyclic) bond motifs is 2. The van der Waals surface area contributed by atoms with Gasteiger partial charge < -0.3 is 0 Å². The summed E-state index contributed by atoms with van der Waals surface area (Å²) in [6.07, 6.45) is 2.05. The van der Waals surface area contributed by atoms with Gasteiger partial charge in [0.1, 0.15) is 0 Å². The SMILES string of the molecule is Cl.Cl.c1ccc(CN2CCc3nc4ccccc4c(-c4ccccc4)c3CC2)cc1. The van der Waals surface area contributed by atoms with Crippen molar-refractivity contribution in [1.82, 2.24) is 9.88 Å². The maximum absolute atomic E-state index is 5.08. The minimum atomic E-state index is 0. The normalized spacial score (nSPS) is 13.6. The van der Waals surface area contributed by atoms with Crippen LogP contribution in [0.1, 0.15) is 16.8 Å². The van der Waals surface area contributed by atoms with Crippen LogP contribution in [0.3, 0.4) is 0 Å². The van der Waals surface area contributed by atoms with E-state index in [0.717, 1.165) is 38.0 Å². The standard InChI is InChI=1S/C26H24N2.2ClH/c1-3-9-20(10-4-1)19-28-17-15-23-25(16-18-28)27-24-14-8-7-13-22(24)26(23)21-11-5-2-6-12-21;;/h1-14H,15-19H2;2*1H. The van der Waals surface area contributed by atoms with E-state index in [2.05, 4.69) is 89.8 Å². The van der Waals surface area contributed by atoms with Gasteiger partial charge in [-0.05, 0) is 34.7 Å². The molecule has 2 nitrogen and oxygen atoms in total. The molecule has 0 atom stereocenters. The molecule has 1 aromatic heterocycles. The van der Waals surface area contributed by atoms with Crippen molar-refractivity contribution in [3.8, 4) is 11.1 Å². The molecule has 3 aromatic carbocycles. The molecule has 4 aromatic rings. The maximum Gasteiger partial charge on any atom is 0.0711 e. The molecule has 4 heteroatoms. The minimum absolute atomic E-state index is 0. The fourth-order valence-corrected chi connectivity index (χ4v) is 4.36. The monoisotopic (exact) mass is 436 g/mol. The lowest BCUT2D eigenvalue weighted by molar-refractivity contribution is 0.279. The lowest BCUT2D eigenvalue weighted by Gasteiger charge is -2.19. The fourth-order valence-electron chi connectivity index (χ4n) is 4.36. The number of rotatable bonds is 3. The summed E-state index contributed by atoms with van der Waals surface area (Å²) in [7, 11) is 0. The Morgan fingerprint density at radius 3 is 2.10 bits per heavy atom. The molecule has 1 aliphatic rings. The van der Waals surface area contributed by atoms with E-state index < -0.39 is 0 Å². The van der Waals surface area contributed by atoms with Crippen molar-refractivity contribution in [2.24, 2.45) is 0 Å². The van der Waals surface area contributed by atoms with Gasteiger partial charge in [-0.15, -0.1) is 24.8 Å². The molecule has 5 rings (SSSR count). The second kappa shape index (κ2) is 10.1. The van der Waals surface area contributed by atoms with Crippen molar-refractivity contribution in [3.63, 3.8) is 0 Å². The Kier molecular flexibility index (Phi) is 7.49. The van der Waals surface area contributed by atoms with E-state index >= 15 is 0 Å². The third-order valence-corrected chi connectivity index (χ3v) is 5.73. The van der Waals surface area contributed by atoms with E-state index in [1.165, 1.54) is 33.3 Å². The summed E-state index contributed by atoms with van der Waals surface area (Å²) in [5, 5.41) is 1.27. The summed E-state index contributed by atoms with van der Waals surface area (Å²) in [6, 6.07) is 30.2. The number of pyridine rings is 1. The lowest BCUT2D eigenvalue weighted by atomic mass is 9.92. The summed E-state index contributed by atoms with van der Waals surface area (Å²) in [6.45, 7) is 3.14. The van der Waals surface area contributed by atoms with Gasteiger partial charge in [0.05, 0.1) is 5.52 Å². The highest BCUT2D eigenvalue weighted by Gasteiger charge is 2.21. The van der Waals surface area contributed by atoms with Crippen molar-refractivity contribution in [1.29, 1.82) is 0 Å². The van der Waals surface area contributed by atoms with Gasteiger partial charge in [-0.1, -0.05) is 78.9 Å². The molecule has 0 radical (unpaired) electrons. The van der Waals surface area contributed by atoms with Gasteiger partial charge in [-0.3, -0.25) is 9.88 Å². The van der Waals surface area contributed by atoms with Crippen molar-refractivity contribution >= 4 is 35.7 Å². The molecule has 0 fully saturated rings. The smallest absolute Gasteiger partial charge is 0.0711 e. The average Bonchev–Trinajstić information content (AvgIpc) is 2.95. The van der Waals surface area contributed by atoms with Gasteiger partial charge in [0.25, 0.3) is 0 Å². The first kappa shape index (κ1) is 22.3. The highest BCUT2D eigenvalue weighted by Crippen LogP contribution is 2.34. The summed E-state index contributed by atoms with van der Waals surface area (Å²) in [4.78, 5) is 7.64. The topological polar surface area (TPSA) is 16.1 Å². The van der Waals surface area contributed by atoms with Crippen LogP contribution in [0.2, 0.25) is 0 Å². The van der Waals surface area contributed by atoms with Gasteiger partial charge in [0, 0.05) is 37.1 Å². The third kappa shape index (κ3) is 4.52. The Morgan fingerprint density at radius 1 is 0.700 bits per heavy atom. The Labute approximate surface area is 190 Å². The van der Waals surface area contributed by atoms with E-state index in [9.17, 15) is 0 Å². The van der Waals surface area contributed by atoms with Crippen molar-refractivity contribution in [2.45, 2.75) is 19.4 Å². The van der Waals surface area contributed by atoms with Crippen LogP contribution >= 0.6 is 24.8 Å². The molecule has 0 bridgehead atoms. The molecule has 0 saturated carbocycles. The van der Waals surface area contributed by atoms with E-state index in [0.29, 0.717) is 0 Å². The fraction of sp³-hybridized carbons (Fsp3) is 0.192. The number of para-hydroxylation sites is 1. The zero-order valence-electron chi connectivity index (χ0n) is 16.8. The molecule has 0 N–H and O–H groups in total. The Hall–Kier alpha value is -2.39. The highest BCUT2D eigenvalue weighted by atomic mass is 35.5. The molecule has 30 heavy (non-hydrogen) atoms. The Balaban J connectivity index is 0.00000128. The summed E-state index contributed by atoms with van der Waals surface area (Å²) in [5.41, 5.74) is 7.87. The maximum atomic E-state index is 5.08. The van der Waals surface area contributed by atoms with Crippen molar-refractivity contribution in [2.75, 3.05) is 13.1 Å². The summed E-state index contributed by atoms with van der Waals surface area (Å²) in [5.74, 6) is 0. The van der Waals surface area contributed by atoms with Gasteiger partial charge >= 0.3 is 0 Å². The number of halogens is 2. The van der Waals surface area contributed by atoms with Crippen LogP contribution in [-0.2, 0) is 19.4 Å². The molecule has 2 heterocycles. The van der Waals surface area contributed by atoms with Gasteiger partial charge in [0.15, 0.2) is 0 Å². The molecule has 0 spiro atoms.